The molecule has 2 bridgehead atoms. The zero-order valence-corrected chi connectivity index (χ0v) is 26.9. The maximum absolute atomic E-state index is 17.2. The summed E-state index contributed by atoms with van der Waals surface area (Å²) in [6.45, 7) is 2.09. The van der Waals surface area contributed by atoms with Crippen molar-refractivity contribution in [2.45, 2.75) is 68.4 Å². The standard InChI is InChI=1S/C33H31ClF3N7O2S/c34-25-23(17-3-4-19(36)29-22(17)18(12-38)30(39)47-29)26(37)27-24-28(25)45-9-8-44(21-10-16-2-5-20(21)40-16)31(24)42-32(41-27)46-14-33-6-1-7-43(33)13-15(35)11-33/h3-4,15-16,20-21,40H,1-2,5-11,13-14,39H2/t15-,16-,20+,21-,33+/m1/s1. The van der Waals surface area contributed by atoms with Crippen molar-refractivity contribution < 1.29 is 22.6 Å². The maximum Gasteiger partial charge on any atom is 0.319 e. The first-order valence-corrected chi connectivity index (χ1v) is 17.3. The van der Waals surface area contributed by atoms with E-state index < -0.39 is 23.3 Å². The molecule has 3 N–H and O–H groups in total. The van der Waals surface area contributed by atoms with Gasteiger partial charge >= 0.3 is 6.01 Å². The predicted octanol–water partition coefficient (Wildman–Crippen LogP) is 5.94. The van der Waals surface area contributed by atoms with E-state index in [1.807, 2.05) is 6.07 Å². The fourth-order valence-corrected chi connectivity index (χ4v) is 10.1. The molecule has 5 atom stereocenters. The highest BCUT2D eigenvalue weighted by molar-refractivity contribution is 7.23. The Labute approximate surface area is 277 Å². The van der Waals surface area contributed by atoms with Crippen LogP contribution in [0.2, 0.25) is 5.02 Å². The van der Waals surface area contributed by atoms with Gasteiger partial charge < -0.3 is 25.4 Å². The minimum Gasteiger partial charge on any atom is -0.489 e. The van der Waals surface area contributed by atoms with E-state index >= 15 is 4.39 Å². The van der Waals surface area contributed by atoms with E-state index in [0.717, 1.165) is 50.0 Å². The molecule has 0 aliphatic carbocycles. The molecule has 9 nitrogen and oxygen atoms in total. The average Bonchev–Trinajstić information content (AvgIpc) is 3.86. The van der Waals surface area contributed by atoms with Gasteiger partial charge in [0, 0.05) is 42.0 Å². The second-order valence-corrected chi connectivity index (χ2v) is 14.8. The molecule has 7 heterocycles. The number of nitrogens with zero attached hydrogens (tertiary/aromatic N) is 5. The van der Waals surface area contributed by atoms with Gasteiger partial charge in [-0.1, -0.05) is 17.7 Å². The minimum atomic E-state index is -0.930. The highest BCUT2D eigenvalue weighted by Crippen LogP contribution is 2.51. The molecule has 9 rings (SSSR count). The van der Waals surface area contributed by atoms with E-state index in [0.29, 0.717) is 36.8 Å². The van der Waals surface area contributed by atoms with Gasteiger partial charge in [0.25, 0.3) is 0 Å². The van der Waals surface area contributed by atoms with Crippen LogP contribution in [-0.2, 0) is 0 Å². The lowest BCUT2D eigenvalue weighted by Crippen LogP contribution is -2.45. The largest absolute Gasteiger partial charge is 0.489 e. The highest BCUT2D eigenvalue weighted by Gasteiger charge is 2.50. The van der Waals surface area contributed by atoms with Gasteiger partial charge in [-0.05, 0) is 50.3 Å². The number of fused-ring (bicyclic) bond motifs is 4. The minimum absolute atomic E-state index is 0.0149. The van der Waals surface area contributed by atoms with Gasteiger partial charge in [-0.2, -0.15) is 15.2 Å². The van der Waals surface area contributed by atoms with Gasteiger partial charge in [-0.25, -0.2) is 13.2 Å². The maximum atomic E-state index is 17.2. The number of halogens is 4. The number of thiophene rings is 1. The van der Waals surface area contributed by atoms with Gasteiger partial charge in [-0.3, -0.25) is 4.90 Å². The lowest BCUT2D eigenvalue weighted by atomic mass is 9.93. The van der Waals surface area contributed by atoms with E-state index in [4.69, 9.17) is 31.8 Å². The number of alkyl halides is 1. The van der Waals surface area contributed by atoms with Crippen molar-refractivity contribution >= 4 is 54.7 Å². The van der Waals surface area contributed by atoms with E-state index in [1.165, 1.54) is 12.1 Å². The van der Waals surface area contributed by atoms with Crippen LogP contribution < -0.4 is 25.4 Å². The smallest absolute Gasteiger partial charge is 0.319 e. The summed E-state index contributed by atoms with van der Waals surface area (Å²) in [6, 6.07) is 5.40. The van der Waals surface area contributed by atoms with Crippen molar-refractivity contribution in [1.82, 2.24) is 20.2 Å². The van der Waals surface area contributed by atoms with E-state index in [2.05, 4.69) is 20.1 Å². The first kappa shape index (κ1) is 29.6. The molecule has 4 saturated heterocycles. The fraction of sp³-hybridized carbons (Fsp3) is 0.485. The number of aromatic nitrogens is 2. The molecule has 0 amide bonds. The summed E-state index contributed by atoms with van der Waals surface area (Å²) >= 11 is 7.98. The Bertz CT molecular complexity index is 2020. The molecule has 4 aromatic rings. The number of nitrogens with two attached hydrogens (primary N) is 1. The number of ether oxygens (including phenoxy) is 2. The third-order valence-corrected chi connectivity index (χ3v) is 12.3. The molecule has 0 saturated carbocycles. The Morgan fingerprint density at radius 1 is 1.23 bits per heavy atom. The zero-order chi connectivity index (χ0) is 32.2. The number of nitriles is 1. The predicted molar refractivity (Wildman–Crippen MR) is 174 cm³/mol. The Hall–Kier alpha value is -3.57. The number of benzene rings is 2. The Kier molecular flexibility index (Phi) is 6.74. The van der Waals surface area contributed by atoms with Crippen LogP contribution in [0, 0.1) is 23.0 Å². The Morgan fingerprint density at radius 2 is 2.11 bits per heavy atom. The van der Waals surface area contributed by atoms with Crippen molar-refractivity contribution in [3.63, 3.8) is 0 Å². The summed E-state index contributed by atoms with van der Waals surface area (Å²) in [5.41, 5.74) is 5.77. The highest BCUT2D eigenvalue weighted by atomic mass is 35.5. The van der Waals surface area contributed by atoms with Gasteiger partial charge in [0.1, 0.15) is 47.6 Å². The van der Waals surface area contributed by atoms with Crippen LogP contribution in [0.1, 0.15) is 44.1 Å². The molecule has 14 heteroatoms. The van der Waals surface area contributed by atoms with Crippen LogP contribution in [0.5, 0.6) is 11.8 Å². The normalized spacial score (nSPS) is 28.2. The molecule has 2 aromatic heterocycles. The summed E-state index contributed by atoms with van der Waals surface area (Å²) in [7, 11) is 0. The number of hydrogen-bond donors (Lipinski definition) is 2. The quantitative estimate of drug-likeness (QED) is 0.264. The van der Waals surface area contributed by atoms with Crippen LogP contribution >= 0.6 is 22.9 Å². The molecule has 5 aliphatic heterocycles. The molecule has 2 aromatic carbocycles. The van der Waals surface area contributed by atoms with Crippen molar-refractivity contribution in [3.05, 3.63) is 34.4 Å². The Morgan fingerprint density at radius 3 is 2.89 bits per heavy atom. The van der Waals surface area contributed by atoms with E-state index in [1.54, 1.807) is 0 Å². The van der Waals surface area contributed by atoms with Crippen molar-refractivity contribution in [1.29, 1.82) is 5.26 Å². The van der Waals surface area contributed by atoms with Crippen LogP contribution in [0.4, 0.5) is 24.0 Å². The SMILES string of the molecule is N#Cc1c(N)sc2c(F)ccc(-c3c(Cl)c4c5c(nc(OC[C@@]67CCCN6C[C@H](F)C7)nc5c3F)N([C@@H]3C[C@H]5CC[C@@H]3N5)CCO4)c12. The van der Waals surface area contributed by atoms with Crippen LogP contribution in [0.3, 0.4) is 0 Å². The second-order valence-electron chi connectivity index (χ2n) is 13.4. The number of hydrogen-bond acceptors (Lipinski definition) is 10. The zero-order valence-electron chi connectivity index (χ0n) is 25.3. The van der Waals surface area contributed by atoms with E-state index in [-0.39, 0.29) is 79.4 Å². The van der Waals surface area contributed by atoms with Crippen LogP contribution in [0.15, 0.2) is 12.1 Å². The molecule has 244 valence electrons. The van der Waals surface area contributed by atoms with E-state index in [9.17, 15) is 14.0 Å². The number of nitrogen functional groups attached to an aromatic ring is 1. The molecule has 4 fully saturated rings. The third kappa shape index (κ3) is 4.34. The summed E-state index contributed by atoms with van der Waals surface area (Å²) in [4.78, 5) is 13.8. The lowest BCUT2D eigenvalue weighted by Gasteiger charge is -2.34. The van der Waals surface area contributed by atoms with Gasteiger partial charge in [-0.15, -0.1) is 11.3 Å². The molecule has 0 spiro atoms. The van der Waals surface area contributed by atoms with Gasteiger partial charge in [0.15, 0.2) is 11.6 Å². The van der Waals surface area contributed by atoms with Crippen molar-refractivity contribution in [2.75, 3.05) is 43.5 Å². The first-order chi connectivity index (χ1) is 22.8. The molecular weight excluding hydrogens is 651 g/mol. The van der Waals surface area contributed by atoms with Crippen molar-refractivity contribution in [2.24, 2.45) is 0 Å². The number of anilines is 2. The van der Waals surface area contributed by atoms with Gasteiger partial charge in [0.2, 0.25) is 0 Å². The van der Waals surface area contributed by atoms with Crippen LogP contribution in [-0.4, -0.2) is 77.6 Å². The number of rotatable bonds is 5. The van der Waals surface area contributed by atoms with Gasteiger partial charge in [0.05, 0.1) is 32.8 Å². The first-order valence-electron chi connectivity index (χ1n) is 16.1. The topological polar surface area (TPSA) is 113 Å². The van der Waals surface area contributed by atoms with Crippen LogP contribution in [0.25, 0.3) is 32.1 Å². The molecule has 47 heavy (non-hydrogen) atoms. The van der Waals surface area contributed by atoms with Crippen molar-refractivity contribution in [3.8, 4) is 29.0 Å². The monoisotopic (exact) mass is 681 g/mol. The fourth-order valence-electron chi connectivity index (χ4n) is 8.85. The summed E-state index contributed by atoms with van der Waals surface area (Å²) in [6.07, 6.45) is 4.24. The molecule has 5 aliphatic rings. The average molecular weight is 682 g/mol. The lowest BCUT2D eigenvalue weighted by molar-refractivity contribution is 0.107. The molecular formula is C33H31ClF3N7O2S. The molecule has 0 unspecified atom stereocenters. The summed E-state index contributed by atoms with van der Waals surface area (Å²) < 4.78 is 59.5. The molecule has 0 radical (unpaired) electrons. The summed E-state index contributed by atoms with van der Waals surface area (Å²) in [5.74, 6) is -0.659. The summed E-state index contributed by atoms with van der Waals surface area (Å²) in [5, 5.41) is 14.2. The second kappa shape index (κ2) is 10.7. The number of nitrogens with one attached hydrogen (secondary N) is 1. The third-order valence-electron chi connectivity index (χ3n) is 10.9. The Balaban J connectivity index is 1.25.